The van der Waals surface area contributed by atoms with E-state index in [0.29, 0.717) is 37.8 Å². The van der Waals surface area contributed by atoms with E-state index in [0.717, 1.165) is 0 Å². The van der Waals surface area contributed by atoms with E-state index in [1.165, 1.54) is 0 Å². The first-order valence-electron chi connectivity index (χ1n) is 9.38. The van der Waals surface area contributed by atoms with E-state index in [2.05, 4.69) is 0 Å². The summed E-state index contributed by atoms with van der Waals surface area (Å²) in [7, 11) is -2.61. The molecule has 0 bridgehead atoms. The van der Waals surface area contributed by atoms with Gasteiger partial charge in [0.05, 0.1) is 0 Å². The van der Waals surface area contributed by atoms with E-state index in [-0.39, 0.29) is 25.7 Å². The second-order valence-corrected chi connectivity index (χ2v) is 10.9. The van der Waals surface area contributed by atoms with Crippen LogP contribution in [0.15, 0.2) is 0 Å². The molecule has 0 aromatic carbocycles. The van der Waals surface area contributed by atoms with Crippen LogP contribution in [-0.4, -0.2) is 32.6 Å². The van der Waals surface area contributed by atoms with Gasteiger partial charge in [-0.05, 0) is 24.9 Å². The van der Waals surface area contributed by atoms with Crippen LogP contribution in [0.2, 0.25) is 12.1 Å². The second kappa shape index (κ2) is 11.2. The molecule has 0 aliphatic rings. The molecule has 4 N–H and O–H groups in total. The third kappa shape index (κ3) is 11.4. The van der Waals surface area contributed by atoms with Crippen molar-refractivity contribution in [2.45, 2.75) is 100 Å². The molecule has 13 heteroatoms. The first-order chi connectivity index (χ1) is 12.9. The standard InChI is InChI=1S/C16H28F10N2Si/c17-13(18,15(21,22)23)9-5-1-3-7-11-29(27,28)12-8-4-2-6-10-14(19,20)16(24,25)26/h1-12,27-28H2. The lowest BCUT2D eigenvalue weighted by molar-refractivity contribution is -0.284. The molecule has 0 amide bonds. The number of halogens is 10. The van der Waals surface area contributed by atoms with Gasteiger partial charge in [0.25, 0.3) is 0 Å². The molecule has 0 fully saturated rings. The van der Waals surface area contributed by atoms with Gasteiger partial charge in [-0.2, -0.15) is 43.9 Å². The van der Waals surface area contributed by atoms with Gasteiger partial charge in [-0.3, -0.25) is 0 Å². The summed E-state index contributed by atoms with van der Waals surface area (Å²) in [5.74, 6) is -9.39. The molecule has 0 aromatic rings. The van der Waals surface area contributed by atoms with Crippen LogP contribution in [0, 0.1) is 0 Å². The lowest BCUT2D eigenvalue weighted by Gasteiger charge is -2.22. The van der Waals surface area contributed by atoms with Gasteiger partial charge in [-0.1, -0.05) is 38.5 Å². The Kier molecular flexibility index (Phi) is 11.0. The maximum absolute atomic E-state index is 12.7. The van der Waals surface area contributed by atoms with Crippen molar-refractivity contribution >= 4 is 8.40 Å². The zero-order valence-electron chi connectivity index (χ0n) is 15.9. The minimum Gasteiger partial charge on any atom is -0.339 e. The van der Waals surface area contributed by atoms with E-state index in [1.807, 2.05) is 0 Å². The molecule has 29 heavy (non-hydrogen) atoms. The summed E-state index contributed by atoms with van der Waals surface area (Å²) in [6.45, 7) is 0. The lowest BCUT2D eigenvalue weighted by Crippen LogP contribution is -2.55. The summed E-state index contributed by atoms with van der Waals surface area (Å²) in [6, 6.07) is 0.851. The Morgan fingerprint density at radius 1 is 0.448 bits per heavy atom. The summed E-state index contributed by atoms with van der Waals surface area (Å²) < 4.78 is 123. The molecule has 0 saturated heterocycles. The van der Waals surface area contributed by atoms with Crippen LogP contribution in [-0.2, 0) is 0 Å². The zero-order chi connectivity index (χ0) is 23.0. The topological polar surface area (TPSA) is 52.0 Å². The third-order valence-electron chi connectivity index (χ3n) is 4.60. The summed E-state index contributed by atoms with van der Waals surface area (Å²) in [6.07, 6.45) is -12.0. The SMILES string of the molecule is N[Si](N)(CCCCCCC(F)(F)C(F)(F)F)CCCCCCC(F)(F)C(F)(F)F. The number of unbranched alkanes of at least 4 members (excludes halogenated alkanes) is 6. The molecular formula is C16H28F10N2Si. The summed E-state index contributed by atoms with van der Waals surface area (Å²) in [4.78, 5) is 0. The smallest absolute Gasteiger partial charge is 0.339 e. The van der Waals surface area contributed by atoms with Crippen molar-refractivity contribution in [1.29, 1.82) is 0 Å². The van der Waals surface area contributed by atoms with Crippen LogP contribution in [0.1, 0.15) is 64.2 Å². The van der Waals surface area contributed by atoms with Crippen LogP contribution in [0.5, 0.6) is 0 Å². The van der Waals surface area contributed by atoms with Crippen molar-refractivity contribution in [3.63, 3.8) is 0 Å². The minimum atomic E-state index is -5.55. The monoisotopic (exact) mass is 466 g/mol. The van der Waals surface area contributed by atoms with Gasteiger partial charge in [-0.15, -0.1) is 0 Å². The molecule has 0 atom stereocenters. The number of alkyl halides is 10. The van der Waals surface area contributed by atoms with Crippen molar-refractivity contribution in [1.82, 2.24) is 0 Å². The fourth-order valence-electron chi connectivity index (χ4n) is 2.72. The fourth-order valence-corrected chi connectivity index (χ4v) is 4.78. The summed E-state index contributed by atoms with van der Waals surface area (Å²) in [5.41, 5.74) is 0. The molecule has 0 unspecified atom stereocenters. The van der Waals surface area contributed by atoms with Crippen LogP contribution in [0.25, 0.3) is 0 Å². The van der Waals surface area contributed by atoms with Crippen molar-refractivity contribution in [3.05, 3.63) is 0 Å². The van der Waals surface area contributed by atoms with Crippen LogP contribution >= 0.6 is 0 Å². The molecular weight excluding hydrogens is 438 g/mol. The molecule has 0 heterocycles. The Morgan fingerprint density at radius 3 is 1.00 bits per heavy atom. The molecule has 0 aliphatic carbocycles. The quantitative estimate of drug-likeness (QED) is 0.171. The highest BCUT2D eigenvalue weighted by atomic mass is 28.3. The fraction of sp³-hybridized carbons (Fsp3) is 1.00. The highest BCUT2D eigenvalue weighted by Gasteiger charge is 2.57. The Bertz CT molecular complexity index is 424. The Labute approximate surface area is 164 Å². The third-order valence-corrected chi connectivity index (χ3v) is 7.16. The van der Waals surface area contributed by atoms with Crippen LogP contribution < -0.4 is 10.8 Å². The van der Waals surface area contributed by atoms with Gasteiger partial charge in [-0.25, -0.2) is 0 Å². The number of hydrogen-bond donors (Lipinski definition) is 2. The van der Waals surface area contributed by atoms with Gasteiger partial charge in [0.1, 0.15) is 0 Å². The summed E-state index contributed by atoms with van der Waals surface area (Å²) >= 11 is 0. The van der Waals surface area contributed by atoms with Crippen LogP contribution in [0.3, 0.4) is 0 Å². The van der Waals surface area contributed by atoms with Gasteiger partial charge < -0.3 is 10.8 Å². The van der Waals surface area contributed by atoms with E-state index in [9.17, 15) is 43.9 Å². The minimum absolute atomic E-state index is 0.184. The molecule has 0 radical (unpaired) electrons. The van der Waals surface area contributed by atoms with Gasteiger partial charge in [0.15, 0.2) is 8.40 Å². The zero-order valence-corrected chi connectivity index (χ0v) is 16.9. The largest absolute Gasteiger partial charge is 0.453 e. The van der Waals surface area contributed by atoms with Gasteiger partial charge in [0, 0.05) is 12.8 Å². The highest BCUT2D eigenvalue weighted by molar-refractivity contribution is 6.73. The maximum Gasteiger partial charge on any atom is 0.453 e. The Balaban J connectivity index is 3.85. The molecule has 176 valence electrons. The van der Waals surface area contributed by atoms with Gasteiger partial charge >= 0.3 is 24.2 Å². The van der Waals surface area contributed by atoms with Crippen molar-refractivity contribution in [2.75, 3.05) is 0 Å². The first kappa shape index (κ1) is 28.4. The van der Waals surface area contributed by atoms with Crippen molar-refractivity contribution in [3.8, 4) is 0 Å². The van der Waals surface area contributed by atoms with E-state index in [1.54, 1.807) is 0 Å². The maximum atomic E-state index is 12.7. The number of hydrogen-bond acceptors (Lipinski definition) is 2. The van der Waals surface area contributed by atoms with Crippen LogP contribution in [0.4, 0.5) is 43.9 Å². The van der Waals surface area contributed by atoms with Crippen molar-refractivity contribution < 1.29 is 43.9 Å². The predicted octanol–water partition coefficient (Wildman–Crippen LogP) is 6.64. The highest BCUT2D eigenvalue weighted by Crippen LogP contribution is 2.40. The first-order valence-corrected chi connectivity index (χ1v) is 12.0. The van der Waals surface area contributed by atoms with E-state index in [4.69, 9.17) is 10.8 Å². The van der Waals surface area contributed by atoms with Gasteiger partial charge in [0.2, 0.25) is 0 Å². The normalized spacial score (nSPS) is 14.5. The molecule has 0 aliphatic heterocycles. The Morgan fingerprint density at radius 2 is 0.724 bits per heavy atom. The van der Waals surface area contributed by atoms with Crippen molar-refractivity contribution in [2.24, 2.45) is 10.8 Å². The molecule has 0 aromatic heterocycles. The average molecular weight is 466 g/mol. The average Bonchev–Trinajstić information content (AvgIpc) is 2.51. The second-order valence-electron chi connectivity index (χ2n) is 7.47. The predicted molar refractivity (Wildman–Crippen MR) is 91.9 cm³/mol. The lowest BCUT2D eigenvalue weighted by atomic mass is 10.1. The molecule has 0 rings (SSSR count). The Hall–Kier alpha value is -0.563. The van der Waals surface area contributed by atoms with E-state index >= 15 is 0 Å². The number of rotatable bonds is 14. The number of nitrogens with two attached hydrogens (primary N) is 2. The molecule has 0 spiro atoms. The van der Waals surface area contributed by atoms with E-state index < -0.39 is 45.4 Å². The molecule has 0 saturated carbocycles. The molecule has 2 nitrogen and oxygen atoms in total. The summed E-state index contributed by atoms with van der Waals surface area (Å²) in [5, 5.41) is 12.0.